The van der Waals surface area contributed by atoms with Gasteiger partial charge in [-0.25, -0.2) is 22.0 Å². The molecule has 10 heteroatoms. The SMILES string of the molecule is C=CC1CC2(C1)CC(C1COC(c3cc(F)c(C(F)(F)Oc4cc(F)c(F)c(F)c4)c(F)c3)OC1)C2. The molecule has 5 rings (SSSR count). The second-order valence-electron chi connectivity index (χ2n) is 10.0. The lowest BCUT2D eigenvalue weighted by Gasteiger charge is -2.59. The van der Waals surface area contributed by atoms with Crippen LogP contribution in [-0.2, 0) is 15.6 Å². The molecule has 2 aromatic carbocycles. The molecule has 0 atom stereocenters. The fourth-order valence-corrected chi connectivity index (χ4v) is 5.72. The Labute approximate surface area is 202 Å². The summed E-state index contributed by atoms with van der Waals surface area (Å²) in [6.45, 7) is 4.45. The first kappa shape index (κ1) is 25.1. The van der Waals surface area contributed by atoms with Gasteiger partial charge in [0.2, 0.25) is 0 Å². The number of benzene rings is 2. The number of hydrogen-bond acceptors (Lipinski definition) is 3. The van der Waals surface area contributed by atoms with E-state index in [1.165, 1.54) is 0 Å². The third-order valence-corrected chi connectivity index (χ3v) is 7.54. The van der Waals surface area contributed by atoms with Gasteiger partial charge in [-0.3, -0.25) is 0 Å². The van der Waals surface area contributed by atoms with Gasteiger partial charge in [0.1, 0.15) is 22.9 Å². The van der Waals surface area contributed by atoms with Crippen molar-refractivity contribution in [1.82, 2.24) is 0 Å². The standard InChI is InChI=1S/C26H23F7O3/c1-2-13-7-25(8-13)9-15(10-25)16-11-34-24(35-12-16)14-3-18(27)22(19(28)4-14)26(32,33)36-17-5-20(29)23(31)21(30)6-17/h2-6,13,15-16,24H,1,7-12H2. The van der Waals surface area contributed by atoms with Gasteiger partial charge < -0.3 is 14.2 Å². The Morgan fingerprint density at radius 1 is 0.833 bits per heavy atom. The van der Waals surface area contributed by atoms with E-state index in [4.69, 9.17) is 9.47 Å². The van der Waals surface area contributed by atoms with Gasteiger partial charge in [-0.15, -0.1) is 6.58 Å². The highest BCUT2D eigenvalue weighted by atomic mass is 19.3. The zero-order valence-electron chi connectivity index (χ0n) is 19.0. The zero-order valence-corrected chi connectivity index (χ0v) is 19.0. The lowest BCUT2D eigenvalue weighted by atomic mass is 9.46. The normalized spacial score (nSPS) is 30.0. The van der Waals surface area contributed by atoms with Gasteiger partial charge in [0, 0.05) is 23.6 Å². The average molecular weight is 516 g/mol. The summed E-state index contributed by atoms with van der Waals surface area (Å²) in [5.41, 5.74) is -1.52. The van der Waals surface area contributed by atoms with Crippen molar-refractivity contribution >= 4 is 0 Å². The molecule has 0 amide bonds. The predicted octanol–water partition coefficient (Wildman–Crippen LogP) is 7.16. The molecule has 2 aliphatic carbocycles. The lowest BCUT2D eigenvalue weighted by Crippen LogP contribution is -2.51. The molecule has 0 N–H and O–H groups in total. The second kappa shape index (κ2) is 9.06. The number of hydrogen-bond donors (Lipinski definition) is 0. The van der Waals surface area contributed by atoms with Gasteiger partial charge in [0.15, 0.2) is 23.7 Å². The van der Waals surface area contributed by atoms with Crippen molar-refractivity contribution in [3.05, 3.63) is 77.1 Å². The topological polar surface area (TPSA) is 27.7 Å². The molecule has 1 saturated heterocycles. The minimum absolute atomic E-state index is 0.137. The summed E-state index contributed by atoms with van der Waals surface area (Å²) in [6.07, 6.45) is 0.640. The molecule has 3 aliphatic rings. The molecule has 36 heavy (non-hydrogen) atoms. The molecule has 3 nitrogen and oxygen atoms in total. The lowest BCUT2D eigenvalue weighted by molar-refractivity contribution is -0.228. The Morgan fingerprint density at radius 2 is 1.39 bits per heavy atom. The monoisotopic (exact) mass is 516 g/mol. The molecule has 2 saturated carbocycles. The fourth-order valence-electron chi connectivity index (χ4n) is 5.72. The summed E-state index contributed by atoms with van der Waals surface area (Å²) in [7, 11) is 0. The molecule has 0 unspecified atom stereocenters. The molecule has 0 radical (unpaired) electrons. The van der Waals surface area contributed by atoms with Gasteiger partial charge >= 0.3 is 6.11 Å². The Balaban J connectivity index is 1.23. The van der Waals surface area contributed by atoms with Crippen LogP contribution in [0.4, 0.5) is 30.7 Å². The second-order valence-corrected chi connectivity index (χ2v) is 10.0. The first-order valence-electron chi connectivity index (χ1n) is 11.6. The molecule has 0 aromatic heterocycles. The van der Waals surface area contributed by atoms with E-state index < -0.39 is 52.8 Å². The quantitative estimate of drug-likeness (QED) is 0.232. The van der Waals surface area contributed by atoms with Crippen molar-refractivity contribution in [2.45, 2.75) is 38.1 Å². The van der Waals surface area contributed by atoms with Crippen molar-refractivity contribution in [3.63, 3.8) is 0 Å². The average Bonchev–Trinajstić information content (AvgIpc) is 2.75. The van der Waals surface area contributed by atoms with E-state index in [0.717, 1.165) is 25.7 Å². The number of alkyl halides is 2. The van der Waals surface area contributed by atoms with Crippen LogP contribution in [0.1, 0.15) is 43.1 Å². The third-order valence-electron chi connectivity index (χ3n) is 7.54. The van der Waals surface area contributed by atoms with Crippen LogP contribution in [0.25, 0.3) is 0 Å². The van der Waals surface area contributed by atoms with Crippen molar-refractivity contribution in [2.24, 2.45) is 23.2 Å². The molecule has 1 aliphatic heterocycles. The minimum Gasteiger partial charge on any atom is -0.429 e. The number of halogens is 7. The van der Waals surface area contributed by atoms with Gasteiger partial charge in [-0.05, 0) is 55.1 Å². The summed E-state index contributed by atoms with van der Waals surface area (Å²) >= 11 is 0. The molecule has 2 aromatic rings. The van der Waals surface area contributed by atoms with E-state index in [9.17, 15) is 30.7 Å². The Bertz CT molecular complexity index is 1120. The summed E-state index contributed by atoms with van der Waals surface area (Å²) in [5, 5.41) is 0. The van der Waals surface area contributed by atoms with Crippen molar-refractivity contribution in [2.75, 3.05) is 13.2 Å². The Hall–Kier alpha value is -2.59. The highest BCUT2D eigenvalue weighted by Crippen LogP contribution is 2.63. The first-order valence-corrected chi connectivity index (χ1v) is 11.6. The summed E-state index contributed by atoms with van der Waals surface area (Å²) in [6, 6.07) is 1.55. The fraction of sp³-hybridized carbons (Fsp3) is 0.462. The molecule has 1 heterocycles. The summed E-state index contributed by atoms with van der Waals surface area (Å²) in [4.78, 5) is 0. The highest BCUT2D eigenvalue weighted by molar-refractivity contribution is 5.32. The van der Waals surface area contributed by atoms with Gasteiger partial charge in [-0.1, -0.05) is 6.08 Å². The van der Waals surface area contributed by atoms with Crippen LogP contribution >= 0.6 is 0 Å². The van der Waals surface area contributed by atoms with Gasteiger partial charge in [-0.2, -0.15) is 8.78 Å². The number of rotatable bonds is 6. The number of ether oxygens (including phenoxy) is 3. The predicted molar refractivity (Wildman–Crippen MR) is 113 cm³/mol. The van der Waals surface area contributed by atoms with Crippen molar-refractivity contribution in [3.8, 4) is 5.75 Å². The third kappa shape index (κ3) is 4.49. The molecular weight excluding hydrogens is 493 g/mol. The summed E-state index contributed by atoms with van der Waals surface area (Å²) in [5.74, 6) is -8.84. The maximum atomic E-state index is 14.6. The molecular formula is C26H23F7O3. The van der Waals surface area contributed by atoms with E-state index in [2.05, 4.69) is 11.3 Å². The Morgan fingerprint density at radius 3 is 1.92 bits per heavy atom. The van der Waals surface area contributed by atoms with Crippen LogP contribution in [0.5, 0.6) is 5.75 Å². The van der Waals surface area contributed by atoms with Gasteiger partial charge in [0.25, 0.3) is 0 Å². The molecule has 0 bridgehead atoms. The van der Waals surface area contributed by atoms with Crippen LogP contribution in [0.15, 0.2) is 36.9 Å². The summed E-state index contributed by atoms with van der Waals surface area (Å²) < 4.78 is 113. The van der Waals surface area contributed by atoms with Crippen LogP contribution in [0.2, 0.25) is 0 Å². The van der Waals surface area contributed by atoms with E-state index in [-0.39, 0.29) is 23.6 Å². The molecule has 1 spiro atoms. The highest BCUT2D eigenvalue weighted by Gasteiger charge is 2.54. The van der Waals surface area contributed by atoms with Crippen molar-refractivity contribution < 1.29 is 44.9 Å². The maximum absolute atomic E-state index is 14.6. The van der Waals surface area contributed by atoms with Crippen LogP contribution in [-0.4, -0.2) is 13.2 Å². The van der Waals surface area contributed by atoms with Gasteiger partial charge in [0.05, 0.1) is 13.2 Å². The first-order chi connectivity index (χ1) is 17.0. The van der Waals surface area contributed by atoms with E-state index >= 15 is 0 Å². The molecule has 3 fully saturated rings. The van der Waals surface area contributed by atoms with Crippen molar-refractivity contribution in [1.29, 1.82) is 0 Å². The largest absolute Gasteiger partial charge is 0.432 e. The van der Waals surface area contributed by atoms with Crippen LogP contribution < -0.4 is 4.74 Å². The minimum atomic E-state index is -4.66. The number of allylic oxidation sites excluding steroid dienone is 1. The van der Waals surface area contributed by atoms with Crippen LogP contribution in [0.3, 0.4) is 0 Å². The zero-order chi connectivity index (χ0) is 25.8. The van der Waals surface area contributed by atoms with E-state index in [0.29, 0.717) is 42.6 Å². The maximum Gasteiger partial charge on any atom is 0.432 e. The van der Waals surface area contributed by atoms with Crippen LogP contribution in [0, 0.1) is 52.3 Å². The van der Waals surface area contributed by atoms with E-state index in [1.807, 2.05) is 6.08 Å². The molecule has 194 valence electrons. The smallest absolute Gasteiger partial charge is 0.429 e. The Kier molecular flexibility index (Phi) is 6.31. The van der Waals surface area contributed by atoms with E-state index in [1.54, 1.807) is 0 Å².